The summed E-state index contributed by atoms with van der Waals surface area (Å²) >= 11 is 0. The lowest BCUT2D eigenvalue weighted by Crippen LogP contribution is -2.29. The quantitative estimate of drug-likeness (QED) is 0.826. The molecule has 0 saturated heterocycles. The van der Waals surface area contributed by atoms with E-state index in [1.54, 1.807) is 19.1 Å². The molecule has 98 valence electrons. The van der Waals surface area contributed by atoms with Crippen molar-refractivity contribution in [3.05, 3.63) is 18.3 Å². The Morgan fingerprint density at radius 1 is 1.33 bits per heavy atom. The van der Waals surface area contributed by atoms with Crippen molar-refractivity contribution in [1.82, 2.24) is 4.98 Å². The Hall–Kier alpha value is -2.11. The second-order valence-corrected chi connectivity index (χ2v) is 3.99. The highest BCUT2D eigenvalue weighted by Crippen LogP contribution is 2.16. The van der Waals surface area contributed by atoms with Gasteiger partial charge in [0.25, 0.3) is 0 Å². The molecular formula is C12H16N2O4. The Morgan fingerprint density at radius 3 is 2.44 bits per heavy atom. The highest BCUT2D eigenvalue weighted by atomic mass is 16.5. The zero-order valence-electron chi connectivity index (χ0n) is 10.5. The van der Waals surface area contributed by atoms with Gasteiger partial charge in [0.05, 0.1) is 24.9 Å². The van der Waals surface area contributed by atoms with Crippen LogP contribution >= 0.6 is 0 Å². The number of pyridine rings is 1. The molecule has 0 fully saturated rings. The zero-order chi connectivity index (χ0) is 13.7. The Labute approximate surface area is 105 Å². The first-order chi connectivity index (χ1) is 8.45. The minimum atomic E-state index is -0.995. The molecule has 0 aliphatic heterocycles. The molecule has 2 unspecified atom stereocenters. The molecule has 2 atom stereocenters. The monoisotopic (exact) mass is 252 g/mol. The summed E-state index contributed by atoms with van der Waals surface area (Å²) in [4.78, 5) is 26.5. The SMILES string of the molecule is COc1ccc(NC(=O)C(C)C(C)C(=O)O)cn1. The Balaban J connectivity index is 2.66. The van der Waals surface area contributed by atoms with Gasteiger partial charge in [-0.05, 0) is 6.07 Å². The van der Waals surface area contributed by atoms with E-state index in [0.717, 1.165) is 0 Å². The Bertz CT molecular complexity index is 430. The molecule has 18 heavy (non-hydrogen) atoms. The molecule has 1 amide bonds. The van der Waals surface area contributed by atoms with Crippen molar-refractivity contribution in [2.45, 2.75) is 13.8 Å². The summed E-state index contributed by atoms with van der Waals surface area (Å²) in [7, 11) is 1.50. The minimum absolute atomic E-state index is 0.350. The van der Waals surface area contributed by atoms with Crippen molar-refractivity contribution < 1.29 is 19.4 Å². The van der Waals surface area contributed by atoms with Crippen molar-refractivity contribution in [2.24, 2.45) is 11.8 Å². The van der Waals surface area contributed by atoms with Gasteiger partial charge in [0.2, 0.25) is 11.8 Å². The van der Waals surface area contributed by atoms with Gasteiger partial charge in [-0.25, -0.2) is 4.98 Å². The number of nitrogens with one attached hydrogen (secondary N) is 1. The van der Waals surface area contributed by atoms with E-state index in [-0.39, 0.29) is 5.91 Å². The van der Waals surface area contributed by atoms with Gasteiger partial charge in [-0.2, -0.15) is 0 Å². The van der Waals surface area contributed by atoms with Crippen molar-refractivity contribution in [3.63, 3.8) is 0 Å². The van der Waals surface area contributed by atoms with Crippen LogP contribution in [-0.2, 0) is 9.59 Å². The van der Waals surface area contributed by atoms with E-state index in [0.29, 0.717) is 11.6 Å². The zero-order valence-corrected chi connectivity index (χ0v) is 10.5. The topological polar surface area (TPSA) is 88.5 Å². The normalized spacial score (nSPS) is 13.5. The number of anilines is 1. The van der Waals surface area contributed by atoms with Crippen molar-refractivity contribution >= 4 is 17.6 Å². The fourth-order valence-electron chi connectivity index (χ4n) is 1.27. The first-order valence-corrected chi connectivity index (χ1v) is 5.49. The molecule has 1 heterocycles. The van der Waals surface area contributed by atoms with Gasteiger partial charge in [-0.3, -0.25) is 9.59 Å². The maximum atomic E-state index is 11.8. The Kier molecular flexibility index (Phi) is 4.65. The van der Waals surface area contributed by atoms with Crippen molar-refractivity contribution in [2.75, 3.05) is 12.4 Å². The number of aliphatic carboxylic acids is 1. The number of carboxylic acid groups (broad SMARTS) is 1. The molecule has 1 aromatic rings. The van der Waals surface area contributed by atoms with E-state index >= 15 is 0 Å². The van der Waals surface area contributed by atoms with Gasteiger partial charge in [0.15, 0.2) is 0 Å². The number of nitrogens with zero attached hydrogens (tertiary/aromatic N) is 1. The minimum Gasteiger partial charge on any atom is -0.481 e. The average molecular weight is 252 g/mol. The average Bonchev–Trinajstić information content (AvgIpc) is 2.37. The third-order valence-electron chi connectivity index (χ3n) is 2.77. The molecule has 0 aliphatic carbocycles. The van der Waals surface area contributed by atoms with Crippen molar-refractivity contribution in [3.8, 4) is 5.88 Å². The number of amides is 1. The third-order valence-corrected chi connectivity index (χ3v) is 2.77. The van der Waals surface area contributed by atoms with Gasteiger partial charge < -0.3 is 15.2 Å². The molecule has 6 heteroatoms. The van der Waals surface area contributed by atoms with Gasteiger partial charge in [0.1, 0.15) is 0 Å². The molecule has 0 aliphatic rings. The Morgan fingerprint density at radius 2 is 2.00 bits per heavy atom. The lowest BCUT2D eigenvalue weighted by atomic mass is 9.95. The van der Waals surface area contributed by atoms with Crippen LogP contribution in [0.5, 0.6) is 5.88 Å². The summed E-state index contributed by atoms with van der Waals surface area (Å²) in [6.07, 6.45) is 1.45. The fraction of sp³-hybridized carbons (Fsp3) is 0.417. The second kappa shape index (κ2) is 6.00. The number of carbonyl (C=O) groups is 2. The van der Waals surface area contributed by atoms with E-state index in [1.807, 2.05) is 0 Å². The number of hydrogen-bond acceptors (Lipinski definition) is 4. The van der Waals surface area contributed by atoms with E-state index in [9.17, 15) is 9.59 Å². The van der Waals surface area contributed by atoms with E-state index in [1.165, 1.54) is 20.2 Å². The number of hydrogen-bond donors (Lipinski definition) is 2. The van der Waals surface area contributed by atoms with Gasteiger partial charge >= 0.3 is 5.97 Å². The smallest absolute Gasteiger partial charge is 0.307 e. The molecule has 2 N–H and O–H groups in total. The molecule has 0 bridgehead atoms. The molecule has 0 aromatic carbocycles. The van der Waals surface area contributed by atoms with Crippen LogP contribution in [0.2, 0.25) is 0 Å². The second-order valence-electron chi connectivity index (χ2n) is 3.99. The van der Waals surface area contributed by atoms with Crippen LogP contribution in [0.3, 0.4) is 0 Å². The van der Waals surface area contributed by atoms with Crippen LogP contribution < -0.4 is 10.1 Å². The molecule has 0 spiro atoms. The van der Waals surface area contributed by atoms with Gasteiger partial charge in [-0.15, -0.1) is 0 Å². The lowest BCUT2D eigenvalue weighted by Gasteiger charge is -2.15. The number of rotatable bonds is 5. The summed E-state index contributed by atoms with van der Waals surface area (Å²) in [5.41, 5.74) is 0.505. The van der Waals surface area contributed by atoms with E-state index in [4.69, 9.17) is 9.84 Å². The maximum absolute atomic E-state index is 11.8. The summed E-state index contributed by atoms with van der Waals surface area (Å²) in [5, 5.41) is 11.4. The molecular weight excluding hydrogens is 236 g/mol. The molecule has 0 saturated carbocycles. The first kappa shape index (κ1) is 14.0. The van der Waals surface area contributed by atoms with E-state index in [2.05, 4.69) is 10.3 Å². The van der Waals surface area contributed by atoms with Crippen LogP contribution in [0.25, 0.3) is 0 Å². The predicted molar refractivity (Wildman–Crippen MR) is 65.4 cm³/mol. The number of carbonyl (C=O) groups excluding carboxylic acids is 1. The summed E-state index contributed by atoms with van der Waals surface area (Å²) in [6, 6.07) is 3.25. The van der Waals surface area contributed by atoms with Crippen LogP contribution in [0.4, 0.5) is 5.69 Å². The molecule has 1 rings (SSSR count). The summed E-state index contributed by atoms with van der Waals surface area (Å²) in [5.74, 6) is -2.26. The fourth-order valence-corrected chi connectivity index (χ4v) is 1.27. The largest absolute Gasteiger partial charge is 0.481 e. The number of ether oxygens (including phenoxy) is 1. The standard InChI is InChI=1S/C12H16N2O4/c1-7(8(2)12(16)17)11(15)14-9-4-5-10(18-3)13-6-9/h4-8H,1-3H3,(H,14,15)(H,16,17). The number of carboxylic acids is 1. The summed E-state index contributed by atoms with van der Waals surface area (Å²) < 4.78 is 4.89. The van der Waals surface area contributed by atoms with Crippen LogP contribution in [0.1, 0.15) is 13.8 Å². The lowest BCUT2D eigenvalue weighted by molar-refractivity contribution is -0.145. The van der Waals surface area contributed by atoms with Crippen LogP contribution in [0, 0.1) is 11.8 Å². The summed E-state index contributed by atoms with van der Waals surface area (Å²) in [6.45, 7) is 3.07. The predicted octanol–water partition coefficient (Wildman–Crippen LogP) is 1.39. The molecule has 0 radical (unpaired) electrons. The number of methoxy groups -OCH3 is 1. The van der Waals surface area contributed by atoms with E-state index < -0.39 is 17.8 Å². The number of aromatic nitrogens is 1. The molecule has 1 aromatic heterocycles. The molecule has 6 nitrogen and oxygen atoms in total. The van der Waals surface area contributed by atoms with Gasteiger partial charge in [0, 0.05) is 12.0 Å². The highest BCUT2D eigenvalue weighted by Gasteiger charge is 2.25. The first-order valence-electron chi connectivity index (χ1n) is 5.49. The highest BCUT2D eigenvalue weighted by molar-refractivity contribution is 5.94. The third kappa shape index (κ3) is 3.44. The van der Waals surface area contributed by atoms with Crippen molar-refractivity contribution in [1.29, 1.82) is 0 Å². The van der Waals surface area contributed by atoms with Crippen LogP contribution in [-0.4, -0.2) is 29.1 Å². The van der Waals surface area contributed by atoms with Crippen LogP contribution in [0.15, 0.2) is 18.3 Å². The maximum Gasteiger partial charge on any atom is 0.307 e. The van der Waals surface area contributed by atoms with Gasteiger partial charge in [-0.1, -0.05) is 13.8 Å².